The van der Waals surface area contributed by atoms with Crippen LogP contribution in [0.5, 0.6) is 0 Å². The van der Waals surface area contributed by atoms with E-state index in [2.05, 4.69) is 15.9 Å². The van der Waals surface area contributed by atoms with Gasteiger partial charge in [-0.2, -0.15) is 0 Å². The van der Waals surface area contributed by atoms with E-state index in [1.165, 1.54) is 11.3 Å². The number of hydrogen-bond acceptors (Lipinski definition) is 3. The molecular weight excluding hydrogens is 290 g/mol. The summed E-state index contributed by atoms with van der Waals surface area (Å²) in [4.78, 5) is 14.7. The topological polar surface area (TPSA) is 29.5 Å². The number of likely N-dealkylation sites (N-methyl/N-ethyl adjacent to an activating group) is 1. The molecule has 1 saturated heterocycles. The van der Waals surface area contributed by atoms with Crippen LogP contribution < -0.4 is 0 Å². The molecule has 2 unspecified atom stereocenters. The Bertz CT molecular complexity index is 393. The van der Waals surface area contributed by atoms with Crippen molar-refractivity contribution in [3.63, 3.8) is 0 Å². The summed E-state index contributed by atoms with van der Waals surface area (Å²) in [6.45, 7) is 2.77. The Morgan fingerprint density at radius 3 is 2.88 bits per heavy atom. The summed E-state index contributed by atoms with van der Waals surface area (Å²) in [5.41, 5.74) is 0. The zero-order chi connectivity index (χ0) is 11.7. The molecule has 0 radical (unpaired) electrons. The van der Waals surface area contributed by atoms with Crippen LogP contribution in [0.25, 0.3) is 0 Å². The van der Waals surface area contributed by atoms with E-state index in [0.29, 0.717) is 0 Å². The van der Waals surface area contributed by atoms with Crippen molar-refractivity contribution in [2.45, 2.75) is 25.5 Å². The largest absolute Gasteiger partial charge is 0.376 e. The molecule has 2 atom stereocenters. The van der Waals surface area contributed by atoms with Crippen LogP contribution in [-0.2, 0) is 4.74 Å². The van der Waals surface area contributed by atoms with Gasteiger partial charge in [0.2, 0.25) is 0 Å². The highest BCUT2D eigenvalue weighted by Gasteiger charge is 2.31. The standard InChI is InChI=1S/C11H14BrNO2S/c1-7-8(5-6-15-7)13(2)11(14)9-3-4-10(12)16-9/h3-4,7-8H,5-6H2,1-2H3. The molecule has 1 fully saturated rings. The van der Waals surface area contributed by atoms with Crippen LogP contribution in [0.2, 0.25) is 0 Å². The van der Waals surface area contributed by atoms with Gasteiger partial charge < -0.3 is 9.64 Å². The summed E-state index contributed by atoms with van der Waals surface area (Å²) in [6.07, 6.45) is 1.06. The summed E-state index contributed by atoms with van der Waals surface area (Å²) >= 11 is 4.84. The molecule has 0 N–H and O–H groups in total. The fourth-order valence-corrected chi connectivity index (χ4v) is 3.35. The number of amides is 1. The first kappa shape index (κ1) is 12.1. The van der Waals surface area contributed by atoms with Gasteiger partial charge in [0.25, 0.3) is 5.91 Å². The minimum Gasteiger partial charge on any atom is -0.376 e. The maximum atomic E-state index is 12.2. The second-order valence-electron chi connectivity index (χ2n) is 3.95. The Kier molecular flexibility index (Phi) is 3.66. The molecule has 2 rings (SSSR count). The Hall–Kier alpha value is -0.390. The van der Waals surface area contributed by atoms with Crippen molar-refractivity contribution in [3.8, 4) is 0 Å². The second-order valence-corrected chi connectivity index (χ2v) is 6.41. The van der Waals surface area contributed by atoms with Gasteiger partial charge in [-0.15, -0.1) is 11.3 Å². The van der Waals surface area contributed by atoms with E-state index >= 15 is 0 Å². The van der Waals surface area contributed by atoms with Gasteiger partial charge in [-0.1, -0.05) is 0 Å². The molecule has 0 aromatic carbocycles. The fourth-order valence-electron chi connectivity index (χ4n) is 1.98. The summed E-state index contributed by atoms with van der Waals surface area (Å²) in [5.74, 6) is 0.0815. The maximum Gasteiger partial charge on any atom is 0.264 e. The van der Waals surface area contributed by atoms with Crippen LogP contribution >= 0.6 is 27.3 Å². The SMILES string of the molecule is CC1OCCC1N(C)C(=O)c1ccc(Br)s1. The molecule has 0 aliphatic carbocycles. The molecule has 5 heteroatoms. The van der Waals surface area contributed by atoms with Crippen molar-refractivity contribution in [2.24, 2.45) is 0 Å². The molecule has 88 valence electrons. The Balaban J connectivity index is 2.10. The van der Waals surface area contributed by atoms with Crippen LogP contribution in [0.15, 0.2) is 15.9 Å². The predicted octanol–water partition coefficient (Wildman–Crippen LogP) is 2.76. The average Bonchev–Trinajstić information content (AvgIpc) is 2.85. The Labute approximate surface area is 108 Å². The zero-order valence-corrected chi connectivity index (χ0v) is 11.7. The maximum absolute atomic E-state index is 12.2. The summed E-state index contributed by atoms with van der Waals surface area (Å²) in [5, 5.41) is 0. The third-order valence-corrected chi connectivity index (χ3v) is 4.55. The van der Waals surface area contributed by atoms with E-state index in [9.17, 15) is 4.79 Å². The Morgan fingerprint density at radius 1 is 1.62 bits per heavy atom. The molecule has 1 aliphatic rings. The number of hydrogen-bond donors (Lipinski definition) is 0. The summed E-state index contributed by atoms with van der Waals surface area (Å²) in [7, 11) is 1.85. The highest BCUT2D eigenvalue weighted by Crippen LogP contribution is 2.25. The van der Waals surface area contributed by atoms with Crippen LogP contribution in [0.3, 0.4) is 0 Å². The highest BCUT2D eigenvalue weighted by molar-refractivity contribution is 9.11. The molecule has 2 heterocycles. The smallest absolute Gasteiger partial charge is 0.264 e. The van der Waals surface area contributed by atoms with Crippen molar-refractivity contribution in [1.29, 1.82) is 0 Å². The van der Waals surface area contributed by atoms with E-state index in [1.54, 1.807) is 4.90 Å². The number of halogens is 1. The van der Waals surface area contributed by atoms with Crippen molar-refractivity contribution in [1.82, 2.24) is 4.90 Å². The third-order valence-electron chi connectivity index (χ3n) is 2.94. The summed E-state index contributed by atoms with van der Waals surface area (Å²) in [6, 6.07) is 3.96. The molecule has 16 heavy (non-hydrogen) atoms. The molecule has 1 aromatic heterocycles. The molecule has 1 aromatic rings. The predicted molar refractivity (Wildman–Crippen MR) is 67.9 cm³/mol. The fraction of sp³-hybridized carbons (Fsp3) is 0.545. The van der Waals surface area contributed by atoms with Crippen LogP contribution in [0.4, 0.5) is 0 Å². The molecule has 1 amide bonds. The van der Waals surface area contributed by atoms with Gasteiger partial charge in [0.15, 0.2) is 0 Å². The first-order chi connectivity index (χ1) is 7.59. The third kappa shape index (κ3) is 2.31. The number of ether oxygens (including phenoxy) is 1. The van der Waals surface area contributed by atoms with Gasteiger partial charge in [-0.25, -0.2) is 0 Å². The lowest BCUT2D eigenvalue weighted by molar-refractivity contribution is 0.0578. The van der Waals surface area contributed by atoms with Gasteiger partial charge >= 0.3 is 0 Å². The minimum absolute atomic E-state index is 0.0815. The molecule has 1 aliphatic heterocycles. The lowest BCUT2D eigenvalue weighted by Crippen LogP contribution is -2.40. The van der Waals surface area contributed by atoms with Gasteiger partial charge in [-0.05, 0) is 41.4 Å². The van der Waals surface area contributed by atoms with Crippen molar-refractivity contribution in [2.75, 3.05) is 13.7 Å². The number of thiophene rings is 1. The monoisotopic (exact) mass is 303 g/mol. The lowest BCUT2D eigenvalue weighted by atomic mass is 10.1. The molecule has 0 spiro atoms. The Morgan fingerprint density at radius 2 is 2.38 bits per heavy atom. The zero-order valence-electron chi connectivity index (χ0n) is 9.27. The second kappa shape index (κ2) is 4.85. The average molecular weight is 304 g/mol. The molecular formula is C11H14BrNO2S. The van der Waals surface area contributed by atoms with E-state index in [-0.39, 0.29) is 18.1 Å². The van der Waals surface area contributed by atoms with Crippen LogP contribution in [0, 0.1) is 0 Å². The van der Waals surface area contributed by atoms with Crippen LogP contribution in [-0.4, -0.2) is 36.6 Å². The van der Waals surface area contributed by atoms with Crippen molar-refractivity contribution >= 4 is 33.2 Å². The lowest BCUT2D eigenvalue weighted by Gasteiger charge is -2.26. The molecule has 3 nitrogen and oxygen atoms in total. The quantitative estimate of drug-likeness (QED) is 0.841. The highest BCUT2D eigenvalue weighted by atomic mass is 79.9. The van der Waals surface area contributed by atoms with Crippen LogP contribution in [0.1, 0.15) is 23.0 Å². The van der Waals surface area contributed by atoms with Crippen molar-refractivity contribution < 1.29 is 9.53 Å². The van der Waals surface area contributed by atoms with E-state index in [1.807, 2.05) is 26.1 Å². The minimum atomic E-state index is 0.0815. The van der Waals surface area contributed by atoms with Gasteiger partial charge in [0.05, 0.1) is 20.8 Å². The number of nitrogens with zero attached hydrogens (tertiary/aromatic N) is 1. The number of rotatable bonds is 2. The molecule has 0 saturated carbocycles. The number of carbonyl (C=O) groups is 1. The normalized spacial score (nSPS) is 24.7. The summed E-state index contributed by atoms with van der Waals surface area (Å²) < 4.78 is 6.46. The van der Waals surface area contributed by atoms with Crippen molar-refractivity contribution in [3.05, 3.63) is 20.8 Å². The first-order valence-corrected chi connectivity index (χ1v) is 6.84. The molecule has 0 bridgehead atoms. The van der Waals surface area contributed by atoms with E-state index in [0.717, 1.165) is 21.7 Å². The van der Waals surface area contributed by atoms with E-state index in [4.69, 9.17) is 4.74 Å². The number of carbonyl (C=O) groups excluding carboxylic acids is 1. The van der Waals surface area contributed by atoms with Gasteiger partial charge in [0.1, 0.15) is 0 Å². The van der Waals surface area contributed by atoms with Gasteiger partial charge in [-0.3, -0.25) is 4.79 Å². The van der Waals surface area contributed by atoms with Gasteiger partial charge in [0, 0.05) is 13.7 Å². The first-order valence-electron chi connectivity index (χ1n) is 5.23. The van der Waals surface area contributed by atoms with E-state index < -0.39 is 0 Å².